The molecular weight excluding hydrogens is 636 g/mol. The minimum Gasteiger partial charge on any atom is -0.330 e. The molecule has 3 aromatic rings. The van der Waals surface area contributed by atoms with Gasteiger partial charge in [0.15, 0.2) is 18.3 Å². The summed E-state index contributed by atoms with van der Waals surface area (Å²) in [5.74, 6) is 0.994. The van der Waals surface area contributed by atoms with Crippen molar-refractivity contribution in [2.75, 3.05) is 31.6 Å². The molecule has 0 aromatic heterocycles. The molecule has 256 valence electrons. The van der Waals surface area contributed by atoms with Crippen molar-refractivity contribution in [1.82, 2.24) is 5.32 Å². The van der Waals surface area contributed by atoms with Gasteiger partial charge in [0.25, 0.3) is 0 Å². The van der Waals surface area contributed by atoms with Crippen molar-refractivity contribution in [2.45, 2.75) is 57.8 Å². The number of amidine groups is 1. The standard InChI is InChI=1S/C39H45ClN6O3/c40-35-21-31(36(47)20-26-15-17-42-18-16-26)11-14-34(35)28-5-1-25(2-6-28)19-32(22-37(48)29-7-3-27(23-41)4-8-29)39(49)45-33-12-9-30(10-13-33)38-43-24-44-46-38/h1-2,5-6,9-14,21,26-27,29,32,42H,3-4,7-8,15-20,22-24,41H2,(H,45,49)/t27?,29?,32-/m1/s1. The highest BCUT2D eigenvalue weighted by Crippen LogP contribution is 2.33. The summed E-state index contributed by atoms with van der Waals surface area (Å²) in [5, 5.41) is 14.9. The third-order valence-electron chi connectivity index (χ3n) is 10.3. The van der Waals surface area contributed by atoms with Crippen molar-refractivity contribution in [2.24, 2.45) is 44.6 Å². The molecule has 2 fully saturated rings. The molecule has 49 heavy (non-hydrogen) atoms. The number of Topliss-reactive ketones (excluding diaryl/α,β-unsaturated/α-hetero) is 2. The first-order valence-electron chi connectivity index (χ1n) is 17.5. The first-order valence-corrected chi connectivity index (χ1v) is 17.9. The van der Waals surface area contributed by atoms with E-state index < -0.39 is 5.92 Å². The summed E-state index contributed by atoms with van der Waals surface area (Å²) in [5.41, 5.74) is 10.7. The number of nitrogens with zero attached hydrogens (tertiary/aromatic N) is 3. The molecule has 1 saturated carbocycles. The number of ketones is 2. The van der Waals surface area contributed by atoms with E-state index in [-0.39, 0.29) is 29.8 Å². The van der Waals surface area contributed by atoms with Crippen LogP contribution in [0, 0.1) is 23.7 Å². The second kappa shape index (κ2) is 16.6. The number of rotatable bonds is 13. The molecule has 1 saturated heterocycles. The van der Waals surface area contributed by atoms with Crippen LogP contribution < -0.4 is 16.4 Å². The molecular formula is C39H45ClN6O3. The average molecular weight is 681 g/mol. The highest BCUT2D eigenvalue weighted by molar-refractivity contribution is 6.33. The van der Waals surface area contributed by atoms with Crippen LogP contribution in [0.2, 0.25) is 5.02 Å². The Kier molecular flexibility index (Phi) is 11.8. The van der Waals surface area contributed by atoms with Crippen LogP contribution in [0.25, 0.3) is 11.1 Å². The minimum atomic E-state index is -0.535. The fraction of sp³-hybridized carbons (Fsp3) is 0.436. The van der Waals surface area contributed by atoms with E-state index in [9.17, 15) is 14.4 Å². The van der Waals surface area contributed by atoms with E-state index in [1.807, 2.05) is 60.7 Å². The lowest BCUT2D eigenvalue weighted by atomic mass is 9.77. The molecule has 0 radical (unpaired) electrons. The summed E-state index contributed by atoms with van der Waals surface area (Å²) in [6.07, 6.45) is 6.76. The van der Waals surface area contributed by atoms with E-state index in [0.29, 0.717) is 60.0 Å². The summed E-state index contributed by atoms with van der Waals surface area (Å²) in [7, 11) is 0. The van der Waals surface area contributed by atoms with Gasteiger partial charge in [-0.15, -0.1) is 5.11 Å². The van der Waals surface area contributed by atoms with Crippen LogP contribution in [0.3, 0.4) is 0 Å². The number of benzene rings is 3. The third-order valence-corrected chi connectivity index (χ3v) is 10.6. The van der Waals surface area contributed by atoms with Crippen molar-refractivity contribution in [3.63, 3.8) is 0 Å². The van der Waals surface area contributed by atoms with Crippen molar-refractivity contribution >= 4 is 40.6 Å². The highest BCUT2D eigenvalue weighted by Gasteiger charge is 2.30. The Morgan fingerprint density at radius 2 is 1.59 bits per heavy atom. The Hall–Kier alpha value is -4.05. The number of halogens is 1. The molecule has 1 atom stereocenters. The Labute approximate surface area is 293 Å². The lowest BCUT2D eigenvalue weighted by Crippen LogP contribution is -2.31. The zero-order chi connectivity index (χ0) is 34.2. The summed E-state index contributed by atoms with van der Waals surface area (Å²) < 4.78 is 0. The number of hydrogen-bond donors (Lipinski definition) is 3. The second-order valence-corrected chi connectivity index (χ2v) is 14.1. The van der Waals surface area contributed by atoms with Gasteiger partial charge in [-0.3, -0.25) is 14.4 Å². The Bertz CT molecular complexity index is 1690. The van der Waals surface area contributed by atoms with Crippen molar-refractivity contribution in [1.29, 1.82) is 0 Å². The average Bonchev–Trinajstić information content (AvgIpc) is 3.68. The van der Waals surface area contributed by atoms with Crippen LogP contribution in [0.5, 0.6) is 0 Å². The number of amides is 1. The summed E-state index contributed by atoms with van der Waals surface area (Å²) in [4.78, 5) is 44.5. The van der Waals surface area contributed by atoms with Gasteiger partial charge in [-0.1, -0.05) is 48.0 Å². The van der Waals surface area contributed by atoms with E-state index in [2.05, 4.69) is 25.9 Å². The van der Waals surface area contributed by atoms with Gasteiger partial charge >= 0.3 is 0 Å². The Balaban J connectivity index is 1.13. The van der Waals surface area contributed by atoms with Crippen LogP contribution in [0.1, 0.15) is 72.9 Å². The van der Waals surface area contributed by atoms with E-state index >= 15 is 0 Å². The van der Waals surface area contributed by atoms with Crippen LogP contribution in [0.15, 0.2) is 82.0 Å². The van der Waals surface area contributed by atoms with E-state index in [0.717, 1.165) is 73.9 Å². The molecule has 4 N–H and O–H groups in total. The van der Waals surface area contributed by atoms with Gasteiger partial charge in [-0.05, 0) is 118 Å². The second-order valence-electron chi connectivity index (χ2n) is 13.7. The molecule has 0 bridgehead atoms. The quantitative estimate of drug-likeness (QED) is 0.163. The highest BCUT2D eigenvalue weighted by atomic mass is 35.5. The molecule has 9 nitrogen and oxygen atoms in total. The number of aliphatic imine (C=N–C) groups is 1. The molecule has 1 amide bonds. The lowest BCUT2D eigenvalue weighted by molar-refractivity contribution is -0.129. The number of azo groups is 1. The predicted octanol–water partition coefficient (Wildman–Crippen LogP) is 7.27. The van der Waals surface area contributed by atoms with Gasteiger partial charge < -0.3 is 16.4 Å². The van der Waals surface area contributed by atoms with Gasteiger partial charge in [0, 0.05) is 52.1 Å². The normalized spacial score (nSPS) is 20.1. The fourth-order valence-corrected chi connectivity index (χ4v) is 7.50. The van der Waals surface area contributed by atoms with E-state index in [1.165, 1.54) is 0 Å². The van der Waals surface area contributed by atoms with Crippen LogP contribution in [0.4, 0.5) is 5.69 Å². The largest absolute Gasteiger partial charge is 0.330 e. The molecule has 6 rings (SSSR count). The van der Waals surface area contributed by atoms with Gasteiger partial charge in [0.1, 0.15) is 5.78 Å². The third kappa shape index (κ3) is 9.15. The number of nitrogens with one attached hydrogen (secondary N) is 2. The fourth-order valence-electron chi connectivity index (χ4n) is 7.21. The van der Waals surface area contributed by atoms with Crippen molar-refractivity contribution < 1.29 is 14.4 Å². The summed E-state index contributed by atoms with van der Waals surface area (Å²) in [6.45, 7) is 2.91. The van der Waals surface area contributed by atoms with Crippen LogP contribution >= 0.6 is 11.6 Å². The van der Waals surface area contributed by atoms with Gasteiger partial charge in [0.05, 0.1) is 0 Å². The van der Waals surface area contributed by atoms with Crippen molar-refractivity contribution in [3.05, 3.63) is 88.4 Å². The molecule has 2 aliphatic heterocycles. The maximum Gasteiger partial charge on any atom is 0.228 e. The van der Waals surface area contributed by atoms with Crippen LogP contribution in [-0.2, 0) is 16.0 Å². The van der Waals surface area contributed by atoms with E-state index in [1.54, 1.807) is 6.07 Å². The molecule has 10 heteroatoms. The van der Waals surface area contributed by atoms with Crippen LogP contribution in [-0.4, -0.2) is 49.6 Å². The van der Waals surface area contributed by atoms with Gasteiger partial charge in [-0.25, -0.2) is 4.99 Å². The maximum absolute atomic E-state index is 13.7. The Morgan fingerprint density at radius 3 is 2.24 bits per heavy atom. The number of nitrogens with two attached hydrogens (primary N) is 1. The zero-order valence-electron chi connectivity index (χ0n) is 27.9. The predicted molar refractivity (Wildman–Crippen MR) is 194 cm³/mol. The first kappa shape index (κ1) is 34.8. The maximum atomic E-state index is 13.7. The zero-order valence-corrected chi connectivity index (χ0v) is 28.6. The lowest BCUT2D eigenvalue weighted by Gasteiger charge is -2.27. The number of anilines is 1. The number of piperidine rings is 1. The molecule has 0 unspecified atom stereocenters. The molecule has 2 heterocycles. The number of carbonyl (C=O) groups is 3. The summed E-state index contributed by atoms with van der Waals surface area (Å²) in [6, 6.07) is 20.9. The molecule has 3 aromatic carbocycles. The van der Waals surface area contributed by atoms with Gasteiger partial charge in [-0.2, -0.15) is 5.11 Å². The molecule has 3 aliphatic rings. The van der Waals surface area contributed by atoms with Gasteiger partial charge in [0.2, 0.25) is 5.91 Å². The molecule has 0 spiro atoms. The monoisotopic (exact) mass is 680 g/mol. The topological polar surface area (TPSA) is 138 Å². The summed E-state index contributed by atoms with van der Waals surface area (Å²) >= 11 is 6.71. The SMILES string of the molecule is NCC1CCC(C(=O)C[C@@H](Cc2ccc(-c3ccc(C(=O)CC4CCNCC4)cc3Cl)cc2)C(=O)Nc2ccc(C3=NCN=N3)cc2)CC1. The van der Waals surface area contributed by atoms with E-state index in [4.69, 9.17) is 17.3 Å². The number of hydrogen-bond acceptors (Lipinski definition) is 8. The minimum absolute atomic E-state index is 0.0298. The molecule has 1 aliphatic carbocycles. The number of carbonyl (C=O) groups excluding carboxylic acids is 3. The first-order chi connectivity index (χ1) is 23.9. The Morgan fingerprint density at radius 1 is 0.878 bits per heavy atom. The smallest absolute Gasteiger partial charge is 0.228 e. The van der Waals surface area contributed by atoms with Crippen molar-refractivity contribution in [3.8, 4) is 11.1 Å².